The number of rotatable bonds is 2. The van der Waals surface area contributed by atoms with Crippen molar-refractivity contribution in [3.05, 3.63) is 35.9 Å². The Hall–Kier alpha value is -0.900. The molecule has 3 N–H and O–H groups in total. The van der Waals surface area contributed by atoms with Crippen molar-refractivity contribution in [3.8, 4) is 0 Å². The molecule has 0 spiro atoms. The fourth-order valence-electron chi connectivity index (χ4n) is 3.53. The molecule has 0 amide bonds. The van der Waals surface area contributed by atoms with Gasteiger partial charge in [0.15, 0.2) is 0 Å². The van der Waals surface area contributed by atoms with E-state index in [1.165, 1.54) is 5.56 Å². The highest BCUT2D eigenvalue weighted by molar-refractivity contribution is 5.23. The lowest BCUT2D eigenvalue weighted by molar-refractivity contribution is 0.0840. The van der Waals surface area contributed by atoms with E-state index in [1.807, 2.05) is 6.07 Å². The summed E-state index contributed by atoms with van der Waals surface area (Å²) in [5.74, 6) is 0.416. The van der Waals surface area contributed by atoms with Gasteiger partial charge in [-0.3, -0.25) is 4.90 Å². The lowest BCUT2D eigenvalue weighted by Crippen LogP contribution is -2.40. The first-order chi connectivity index (χ1) is 8.75. The normalized spacial score (nSPS) is 37.2. The molecule has 1 saturated carbocycles. The molecule has 3 heteroatoms. The first-order valence-electron chi connectivity index (χ1n) is 6.98. The highest BCUT2D eigenvalue weighted by Gasteiger charge is 2.38. The third-order valence-electron chi connectivity index (χ3n) is 4.53. The van der Waals surface area contributed by atoms with Crippen LogP contribution in [0.3, 0.4) is 0 Å². The Morgan fingerprint density at radius 1 is 1.11 bits per heavy atom. The van der Waals surface area contributed by atoms with Gasteiger partial charge in [-0.15, -0.1) is 0 Å². The summed E-state index contributed by atoms with van der Waals surface area (Å²) in [6.45, 7) is 1.91. The van der Waals surface area contributed by atoms with Crippen LogP contribution in [0.4, 0.5) is 0 Å². The largest absolute Gasteiger partial charge is 0.391 e. The van der Waals surface area contributed by atoms with E-state index in [0.29, 0.717) is 12.0 Å². The Balaban J connectivity index is 1.72. The van der Waals surface area contributed by atoms with Gasteiger partial charge in [0, 0.05) is 31.1 Å². The summed E-state index contributed by atoms with van der Waals surface area (Å²) < 4.78 is 0. The predicted octanol–water partition coefficient (Wildman–Crippen LogP) is 1.33. The van der Waals surface area contributed by atoms with E-state index in [1.54, 1.807) is 0 Å². The van der Waals surface area contributed by atoms with Crippen LogP contribution in [0, 0.1) is 0 Å². The van der Waals surface area contributed by atoms with Crippen molar-refractivity contribution < 1.29 is 5.11 Å². The minimum absolute atomic E-state index is 0.147. The average molecular weight is 246 g/mol. The van der Waals surface area contributed by atoms with E-state index in [9.17, 15) is 5.11 Å². The number of nitrogens with two attached hydrogens (primary N) is 1. The molecule has 98 valence electrons. The van der Waals surface area contributed by atoms with Gasteiger partial charge in [-0.05, 0) is 24.8 Å². The van der Waals surface area contributed by atoms with E-state index < -0.39 is 0 Å². The lowest BCUT2D eigenvalue weighted by Gasteiger charge is -2.26. The van der Waals surface area contributed by atoms with Crippen LogP contribution in [-0.4, -0.2) is 41.3 Å². The summed E-state index contributed by atoms with van der Waals surface area (Å²) >= 11 is 0. The second kappa shape index (κ2) is 5.00. The molecule has 1 aliphatic carbocycles. The Kier molecular flexibility index (Phi) is 3.37. The zero-order valence-electron chi connectivity index (χ0n) is 10.7. The zero-order chi connectivity index (χ0) is 12.5. The van der Waals surface area contributed by atoms with Crippen LogP contribution in [0.15, 0.2) is 30.3 Å². The van der Waals surface area contributed by atoms with Crippen molar-refractivity contribution in [1.29, 1.82) is 0 Å². The van der Waals surface area contributed by atoms with Crippen molar-refractivity contribution in [1.82, 2.24) is 4.90 Å². The summed E-state index contributed by atoms with van der Waals surface area (Å²) in [6.07, 6.45) is 3.07. The molecular weight excluding hydrogens is 224 g/mol. The van der Waals surface area contributed by atoms with Gasteiger partial charge in [-0.2, -0.15) is 0 Å². The standard InChI is InChI=1S/C15H22N2O/c16-13-10-17(14-7-4-8-15(14)18)9-12(13)11-5-2-1-3-6-11/h1-3,5-6,12-15,18H,4,7-10,16H2/t12-,13+,14?,15?/m0/s1. The molecule has 1 saturated heterocycles. The van der Waals surface area contributed by atoms with Crippen LogP contribution in [0.1, 0.15) is 30.7 Å². The van der Waals surface area contributed by atoms with Crippen LogP contribution in [-0.2, 0) is 0 Å². The first kappa shape index (κ1) is 12.2. The molecule has 1 aromatic carbocycles. The Morgan fingerprint density at radius 2 is 1.89 bits per heavy atom. The van der Waals surface area contributed by atoms with Gasteiger partial charge < -0.3 is 10.8 Å². The number of likely N-dealkylation sites (tertiary alicyclic amines) is 1. The van der Waals surface area contributed by atoms with Crippen LogP contribution in [0.25, 0.3) is 0 Å². The van der Waals surface area contributed by atoms with Gasteiger partial charge in [0.25, 0.3) is 0 Å². The highest BCUT2D eigenvalue weighted by Crippen LogP contribution is 2.32. The molecule has 2 unspecified atom stereocenters. The third kappa shape index (κ3) is 2.18. The van der Waals surface area contributed by atoms with Crippen molar-refractivity contribution in [2.75, 3.05) is 13.1 Å². The monoisotopic (exact) mass is 246 g/mol. The van der Waals surface area contributed by atoms with Crippen molar-refractivity contribution in [3.63, 3.8) is 0 Å². The van der Waals surface area contributed by atoms with Crippen LogP contribution >= 0.6 is 0 Å². The Labute approximate surface area is 109 Å². The highest BCUT2D eigenvalue weighted by atomic mass is 16.3. The third-order valence-corrected chi connectivity index (χ3v) is 4.53. The topological polar surface area (TPSA) is 49.5 Å². The van der Waals surface area contributed by atoms with Crippen molar-refractivity contribution >= 4 is 0 Å². The minimum Gasteiger partial charge on any atom is -0.391 e. The maximum Gasteiger partial charge on any atom is 0.0695 e. The molecule has 0 bridgehead atoms. The van der Waals surface area contributed by atoms with Gasteiger partial charge in [-0.1, -0.05) is 30.3 Å². The van der Waals surface area contributed by atoms with Gasteiger partial charge in [0.05, 0.1) is 6.10 Å². The minimum atomic E-state index is -0.147. The van der Waals surface area contributed by atoms with E-state index in [4.69, 9.17) is 5.73 Å². The van der Waals surface area contributed by atoms with Gasteiger partial charge in [0.2, 0.25) is 0 Å². The summed E-state index contributed by atoms with van der Waals surface area (Å²) in [4.78, 5) is 2.40. The molecule has 4 atom stereocenters. The van der Waals surface area contributed by atoms with Gasteiger partial charge >= 0.3 is 0 Å². The van der Waals surface area contributed by atoms with Gasteiger partial charge in [0.1, 0.15) is 0 Å². The number of hydrogen-bond donors (Lipinski definition) is 2. The fraction of sp³-hybridized carbons (Fsp3) is 0.600. The summed E-state index contributed by atoms with van der Waals surface area (Å²) in [5, 5.41) is 10.0. The maximum atomic E-state index is 10.0. The molecule has 3 nitrogen and oxygen atoms in total. The number of aliphatic hydroxyl groups is 1. The fourth-order valence-corrected chi connectivity index (χ4v) is 3.53. The molecule has 0 radical (unpaired) electrons. The quantitative estimate of drug-likeness (QED) is 0.827. The smallest absolute Gasteiger partial charge is 0.0695 e. The molecule has 1 heterocycles. The van der Waals surface area contributed by atoms with Gasteiger partial charge in [-0.25, -0.2) is 0 Å². The van der Waals surface area contributed by atoms with Crippen LogP contribution < -0.4 is 5.73 Å². The predicted molar refractivity (Wildman–Crippen MR) is 72.4 cm³/mol. The van der Waals surface area contributed by atoms with Crippen LogP contribution in [0.5, 0.6) is 0 Å². The molecule has 2 aliphatic rings. The molecule has 1 aliphatic heterocycles. The molecule has 0 aromatic heterocycles. The first-order valence-corrected chi connectivity index (χ1v) is 6.98. The number of hydrogen-bond acceptors (Lipinski definition) is 3. The van der Waals surface area contributed by atoms with Crippen LogP contribution in [0.2, 0.25) is 0 Å². The van der Waals surface area contributed by atoms with E-state index in [2.05, 4.69) is 29.2 Å². The SMILES string of the molecule is N[C@@H]1CN(C2CCCC2O)C[C@H]1c1ccccc1. The second-order valence-corrected chi connectivity index (χ2v) is 5.70. The summed E-state index contributed by atoms with van der Waals surface area (Å²) in [5.41, 5.74) is 7.62. The number of nitrogens with zero attached hydrogens (tertiary/aromatic N) is 1. The molecule has 2 fully saturated rings. The number of aliphatic hydroxyl groups excluding tert-OH is 1. The molecule has 18 heavy (non-hydrogen) atoms. The lowest BCUT2D eigenvalue weighted by atomic mass is 9.95. The van der Waals surface area contributed by atoms with E-state index >= 15 is 0 Å². The maximum absolute atomic E-state index is 10.0. The molecule has 3 rings (SSSR count). The van der Waals surface area contributed by atoms with Crippen molar-refractivity contribution in [2.45, 2.75) is 43.4 Å². The Morgan fingerprint density at radius 3 is 2.56 bits per heavy atom. The molecular formula is C15H22N2O. The molecule has 1 aromatic rings. The zero-order valence-corrected chi connectivity index (χ0v) is 10.7. The summed E-state index contributed by atoms with van der Waals surface area (Å²) in [7, 11) is 0. The second-order valence-electron chi connectivity index (χ2n) is 5.70. The number of benzene rings is 1. The summed E-state index contributed by atoms with van der Waals surface area (Å²) in [6, 6.07) is 11.1. The average Bonchev–Trinajstić information content (AvgIpc) is 2.96. The van der Waals surface area contributed by atoms with Crippen molar-refractivity contribution in [2.24, 2.45) is 5.73 Å². The van der Waals surface area contributed by atoms with E-state index in [0.717, 1.165) is 32.4 Å². The van der Waals surface area contributed by atoms with E-state index in [-0.39, 0.29) is 12.1 Å². The Bertz CT molecular complexity index is 395.